The molecule has 0 bridgehead atoms. The molecule has 0 radical (unpaired) electrons. The van der Waals surface area contributed by atoms with E-state index in [1.807, 2.05) is 0 Å². The van der Waals surface area contributed by atoms with Crippen molar-refractivity contribution in [3.63, 3.8) is 0 Å². The zero-order valence-corrected chi connectivity index (χ0v) is 14.3. The summed E-state index contributed by atoms with van der Waals surface area (Å²) in [4.78, 5) is 23.9. The fourth-order valence-electron chi connectivity index (χ4n) is 1.79. The molecule has 0 fully saturated rings. The normalized spacial score (nSPS) is 12.9. The Morgan fingerprint density at radius 3 is 2.12 bits per heavy atom. The molecule has 0 saturated heterocycles. The zero-order chi connectivity index (χ0) is 19.3. The van der Waals surface area contributed by atoms with E-state index in [1.54, 1.807) is 27.7 Å². The van der Waals surface area contributed by atoms with Gasteiger partial charge in [-0.1, -0.05) is 12.1 Å². The number of halogens is 3. The molecule has 140 valence electrons. The fraction of sp³-hybridized carbons (Fsp3) is 0.500. The van der Waals surface area contributed by atoms with Gasteiger partial charge in [-0.05, 0) is 45.4 Å². The number of hydrogen-bond donors (Lipinski definition) is 1. The number of alkyl halides is 3. The summed E-state index contributed by atoms with van der Waals surface area (Å²) in [5.41, 5.74) is -0.563. The zero-order valence-electron chi connectivity index (χ0n) is 14.3. The summed E-state index contributed by atoms with van der Waals surface area (Å²) in [6.45, 7) is 6.60. The van der Waals surface area contributed by atoms with E-state index in [-0.39, 0.29) is 12.2 Å². The molecule has 1 atom stereocenters. The maximum atomic E-state index is 12.2. The number of esters is 1. The van der Waals surface area contributed by atoms with Gasteiger partial charge in [-0.3, -0.25) is 0 Å². The second-order valence-electron chi connectivity index (χ2n) is 5.95. The monoisotopic (exact) mass is 363 g/mol. The van der Waals surface area contributed by atoms with Crippen molar-refractivity contribution in [3.05, 3.63) is 29.8 Å². The third kappa shape index (κ3) is 7.77. The van der Waals surface area contributed by atoms with E-state index in [4.69, 9.17) is 9.47 Å². The number of carbonyl (C=O) groups excluding carboxylic acids is 2. The minimum Gasteiger partial charge on any atom is -0.464 e. The molecule has 0 saturated carbocycles. The van der Waals surface area contributed by atoms with Crippen molar-refractivity contribution in [1.82, 2.24) is 5.32 Å². The summed E-state index contributed by atoms with van der Waals surface area (Å²) in [5, 5.41) is 2.34. The van der Waals surface area contributed by atoms with Crippen LogP contribution in [0.25, 0.3) is 0 Å². The molecular formula is C16H20F3NO5. The molecule has 1 amide bonds. The summed E-state index contributed by atoms with van der Waals surface area (Å²) in [5.74, 6) is -1.21. The predicted octanol–water partition coefficient (Wildman–Crippen LogP) is 3.71. The van der Waals surface area contributed by atoms with E-state index in [0.717, 1.165) is 12.1 Å². The average Bonchev–Trinajstić information content (AvgIpc) is 2.42. The highest BCUT2D eigenvalue weighted by Gasteiger charge is 2.31. The summed E-state index contributed by atoms with van der Waals surface area (Å²) in [7, 11) is 0. The molecule has 1 aromatic carbocycles. The standard InChI is InChI=1S/C16H20F3NO5/c1-5-23-13(21)12(20-14(22)25-15(2,3)4)10-6-8-11(9-7-10)24-16(17,18)19/h6-9,12H,5H2,1-4H3,(H,20,22). The van der Waals surface area contributed by atoms with Crippen LogP contribution in [0.2, 0.25) is 0 Å². The van der Waals surface area contributed by atoms with Crippen LogP contribution < -0.4 is 10.1 Å². The van der Waals surface area contributed by atoms with Crippen LogP contribution in [0.15, 0.2) is 24.3 Å². The van der Waals surface area contributed by atoms with E-state index in [1.165, 1.54) is 12.1 Å². The Labute approximate surface area is 143 Å². The smallest absolute Gasteiger partial charge is 0.464 e. The lowest BCUT2D eigenvalue weighted by Gasteiger charge is -2.23. The van der Waals surface area contributed by atoms with E-state index >= 15 is 0 Å². The second kappa shape index (κ2) is 8.09. The number of carbonyl (C=O) groups is 2. The van der Waals surface area contributed by atoms with Crippen LogP contribution in [0.3, 0.4) is 0 Å². The maximum absolute atomic E-state index is 12.2. The number of ether oxygens (including phenoxy) is 3. The number of rotatable bonds is 5. The third-order valence-electron chi connectivity index (χ3n) is 2.63. The molecule has 0 aliphatic rings. The Kier molecular flexibility index (Phi) is 6.66. The van der Waals surface area contributed by atoms with Gasteiger partial charge in [-0.15, -0.1) is 13.2 Å². The highest BCUT2D eigenvalue weighted by atomic mass is 19.4. The second-order valence-corrected chi connectivity index (χ2v) is 5.95. The highest BCUT2D eigenvalue weighted by molar-refractivity contribution is 5.82. The lowest BCUT2D eigenvalue weighted by atomic mass is 10.1. The van der Waals surface area contributed by atoms with Crippen molar-refractivity contribution in [2.45, 2.75) is 45.7 Å². The fourth-order valence-corrected chi connectivity index (χ4v) is 1.79. The van der Waals surface area contributed by atoms with Crippen LogP contribution in [-0.4, -0.2) is 30.6 Å². The summed E-state index contributed by atoms with van der Waals surface area (Å²) in [6.07, 6.45) is -5.68. The minimum atomic E-state index is -4.82. The van der Waals surface area contributed by atoms with Crippen LogP contribution in [0.4, 0.5) is 18.0 Å². The molecule has 0 aromatic heterocycles. The van der Waals surface area contributed by atoms with Gasteiger partial charge in [0.15, 0.2) is 6.04 Å². The summed E-state index contributed by atoms with van der Waals surface area (Å²) >= 11 is 0. The molecule has 0 heterocycles. The third-order valence-corrected chi connectivity index (χ3v) is 2.63. The Balaban J connectivity index is 2.96. The number of alkyl carbamates (subject to hydrolysis) is 1. The molecule has 0 aliphatic carbocycles. The topological polar surface area (TPSA) is 73.9 Å². The lowest BCUT2D eigenvalue weighted by Crippen LogP contribution is -2.38. The van der Waals surface area contributed by atoms with Crippen molar-refractivity contribution in [1.29, 1.82) is 0 Å². The first kappa shape index (κ1) is 20.6. The first-order valence-corrected chi connectivity index (χ1v) is 7.43. The first-order chi connectivity index (χ1) is 11.4. The van der Waals surface area contributed by atoms with E-state index < -0.39 is 35.8 Å². The summed E-state index contributed by atoms with van der Waals surface area (Å²) in [6, 6.07) is 3.28. The SMILES string of the molecule is CCOC(=O)C(NC(=O)OC(C)(C)C)c1ccc(OC(F)(F)F)cc1. The average molecular weight is 363 g/mol. The molecular weight excluding hydrogens is 343 g/mol. The van der Waals surface area contributed by atoms with Gasteiger partial charge in [-0.2, -0.15) is 0 Å². The largest absolute Gasteiger partial charge is 0.573 e. The minimum absolute atomic E-state index is 0.0700. The molecule has 25 heavy (non-hydrogen) atoms. The lowest BCUT2D eigenvalue weighted by molar-refractivity contribution is -0.274. The summed E-state index contributed by atoms with van der Waals surface area (Å²) < 4.78 is 50.3. The molecule has 0 aliphatic heterocycles. The Bertz CT molecular complexity index is 593. The van der Waals surface area contributed by atoms with Gasteiger partial charge in [0, 0.05) is 0 Å². The molecule has 1 unspecified atom stereocenters. The van der Waals surface area contributed by atoms with E-state index in [2.05, 4.69) is 10.1 Å². The van der Waals surface area contributed by atoms with Gasteiger partial charge >= 0.3 is 18.4 Å². The van der Waals surface area contributed by atoms with Crippen LogP contribution in [0.5, 0.6) is 5.75 Å². The molecule has 6 nitrogen and oxygen atoms in total. The van der Waals surface area contributed by atoms with Crippen LogP contribution in [0.1, 0.15) is 39.3 Å². The first-order valence-electron chi connectivity index (χ1n) is 7.43. The maximum Gasteiger partial charge on any atom is 0.573 e. The Morgan fingerprint density at radius 1 is 1.12 bits per heavy atom. The van der Waals surface area contributed by atoms with Crippen LogP contribution in [-0.2, 0) is 14.3 Å². The molecule has 1 N–H and O–H groups in total. The van der Waals surface area contributed by atoms with E-state index in [0.29, 0.717) is 0 Å². The van der Waals surface area contributed by atoms with Gasteiger partial charge < -0.3 is 19.5 Å². The van der Waals surface area contributed by atoms with E-state index in [9.17, 15) is 22.8 Å². The van der Waals surface area contributed by atoms with Crippen molar-refractivity contribution < 1.29 is 37.0 Å². The van der Waals surface area contributed by atoms with Crippen molar-refractivity contribution >= 4 is 12.1 Å². The van der Waals surface area contributed by atoms with Crippen LogP contribution >= 0.6 is 0 Å². The number of benzene rings is 1. The van der Waals surface area contributed by atoms with Gasteiger partial charge in [0.1, 0.15) is 11.4 Å². The van der Waals surface area contributed by atoms with Gasteiger partial charge in [0.05, 0.1) is 6.61 Å². The predicted molar refractivity (Wildman–Crippen MR) is 81.9 cm³/mol. The van der Waals surface area contributed by atoms with Crippen molar-refractivity contribution in [2.75, 3.05) is 6.61 Å². The van der Waals surface area contributed by atoms with Crippen LogP contribution in [0, 0.1) is 0 Å². The number of nitrogens with one attached hydrogen (secondary N) is 1. The number of hydrogen-bond acceptors (Lipinski definition) is 5. The van der Waals surface area contributed by atoms with Gasteiger partial charge in [-0.25, -0.2) is 9.59 Å². The van der Waals surface area contributed by atoms with Crippen molar-refractivity contribution in [3.8, 4) is 5.75 Å². The molecule has 1 aromatic rings. The quantitative estimate of drug-likeness (QED) is 0.807. The highest BCUT2D eigenvalue weighted by Crippen LogP contribution is 2.25. The van der Waals surface area contributed by atoms with Crippen molar-refractivity contribution in [2.24, 2.45) is 0 Å². The number of amides is 1. The molecule has 0 spiro atoms. The van der Waals surface area contributed by atoms with Gasteiger partial charge in [0.25, 0.3) is 0 Å². The molecule has 1 rings (SSSR count). The van der Waals surface area contributed by atoms with Gasteiger partial charge in [0.2, 0.25) is 0 Å². The Hall–Kier alpha value is -2.45. The molecule has 9 heteroatoms. The Morgan fingerprint density at radius 2 is 1.68 bits per heavy atom.